The van der Waals surface area contributed by atoms with E-state index in [0.717, 1.165) is 21.7 Å². The standard InChI is InChI=1S/C22H21N3O2S3/c1-13-14(2)30-21-19(13)22(27)24(12-23-21)8-6-18(26)25-9-5-16-15(7-11-29-16)20(25)17-4-3-10-28-17/h3-4,7,10-12,20H,5-6,8-9H2,1-2H3/t20-/m1/s1. The molecular weight excluding hydrogens is 434 g/mol. The molecular formula is C22H21N3O2S3. The monoisotopic (exact) mass is 455 g/mol. The van der Waals surface area contributed by atoms with E-state index in [0.29, 0.717) is 18.5 Å². The summed E-state index contributed by atoms with van der Waals surface area (Å²) in [5.41, 5.74) is 2.18. The van der Waals surface area contributed by atoms with E-state index in [4.69, 9.17) is 0 Å². The molecule has 0 bridgehead atoms. The highest BCUT2D eigenvalue weighted by molar-refractivity contribution is 7.18. The Morgan fingerprint density at radius 2 is 2.10 bits per heavy atom. The maximum absolute atomic E-state index is 13.3. The van der Waals surface area contributed by atoms with Crippen LogP contribution in [-0.2, 0) is 17.8 Å². The van der Waals surface area contributed by atoms with E-state index in [1.807, 2.05) is 24.8 Å². The van der Waals surface area contributed by atoms with Crippen LogP contribution in [0.4, 0.5) is 0 Å². The van der Waals surface area contributed by atoms with Crippen molar-refractivity contribution in [3.8, 4) is 0 Å². The molecule has 4 aromatic heterocycles. The minimum Gasteiger partial charge on any atom is -0.330 e. The van der Waals surface area contributed by atoms with E-state index >= 15 is 0 Å². The van der Waals surface area contributed by atoms with Crippen molar-refractivity contribution in [3.63, 3.8) is 0 Å². The first-order valence-electron chi connectivity index (χ1n) is 9.89. The molecule has 0 saturated heterocycles. The first kappa shape index (κ1) is 19.7. The highest BCUT2D eigenvalue weighted by atomic mass is 32.1. The van der Waals surface area contributed by atoms with Gasteiger partial charge in [-0.1, -0.05) is 6.07 Å². The first-order chi connectivity index (χ1) is 14.5. The third-order valence-electron chi connectivity index (χ3n) is 5.82. The first-order valence-corrected chi connectivity index (χ1v) is 12.5. The largest absolute Gasteiger partial charge is 0.330 e. The Bertz CT molecular complexity index is 1280. The molecule has 1 aliphatic heterocycles. The number of thiophene rings is 3. The molecule has 30 heavy (non-hydrogen) atoms. The number of aromatic nitrogens is 2. The molecule has 8 heteroatoms. The predicted molar refractivity (Wildman–Crippen MR) is 124 cm³/mol. The maximum atomic E-state index is 13.3. The van der Waals surface area contributed by atoms with E-state index in [9.17, 15) is 9.59 Å². The third kappa shape index (κ3) is 3.23. The van der Waals surface area contributed by atoms with Crippen LogP contribution in [0.3, 0.4) is 0 Å². The summed E-state index contributed by atoms with van der Waals surface area (Å²) in [6.45, 7) is 5.03. The third-order valence-corrected chi connectivity index (χ3v) is 8.86. The average molecular weight is 456 g/mol. The van der Waals surface area contributed by atoms with Gasteiger partial charge in [0.05, 0.1) is 17.8 Å². The highest BCUT2D eigenvalue weighted by Crippen LogP contribution is 2.39. The lowest BCUT2D eigenvalue weighted by Crippen LogP contribution is -2.40. The van der Waals surface area contributed by atoms with Crippen molar-refractivity contribution >= 4 is 50.1 Å². The number of aryl methyl sites for hydroxylation is 3. The average Bonchev–Trinajstić information content (AvgIpc) is 3.48. The van der Waals surface area contributed by atoms with E-state index in [2.05, 4.69) is 27.9 Å². The molecule has 5 nitrogen and oxygen atoms in total. The van der Waals surface area contributed by atoms with E-state index in [1.54, 1.807) is 44.9 Å². The smallest absolute Gasteiger partial charge is 0.262 e. The number of carbonyl (C=O) groups excluding carboxylic acids is 1. The summed E-state index contributed by atoms with van der Waals surface area (Å²) in [5.74, 6) is 0.0791. The van der Waals surface area contributed by atoms with Crippen molar-refractivity contribution < 1.29 is 4.79 Å². The SMILES string of the molecule is Cc1sc2ncn(CCC(=O)N3CCc4sccc4[C@@H]3c3cccs3)c(=O)c2c1C. The van der Waals surface area contributed by atoms with Crippen molar-refractivity contribution in [2.45, 2.75) is 39.3 Å². The van der Waals surface area contributed by atoms with Crippen molar-refractivity contribution in [3.05, 3.63) is 71.4 Å². The number of carbonyl (C=O) groups is 1. The molecule has 0 saturated carbocycles. The molecule has 1 amide bonds. The normalized spacial score (nSPS) is 16.2. The molecule has 0 aliphatic carbocycles. The zero-order valence-corrected chi connectivity index (χ0v) is 19.2. The van der Waals surface area contributed by atoms with Crippen LogP contribution in [0.15, 0.2) is 40.1 Å². The van der Waals surface area contributed by atoms with Gasteiger partial charge in [-0.05, 0) is 54.3 Å². The Morgan fingerprint density at radius 1 is 1.23 bits per heavy atom. The van der Waals surface area contributed by atoms with E-state index < -0.39 is 0 Å². The maximum Gasteiger partial charge on any atom is 0.262 e. The number of amides is 1. The van der Waals surface area contributed by atoms with Crippen LogP contribution in [0.1, 0.15) is 38.2 Å². The fraction of sp³-hybridized carbons (Fsp3) is 0.318. The number of hydrogen-bond donors (Lipinski definition) is 0. The van der Waals surface area contributed by atoms with Crippen LogP contribution < -0.4 is 5.56 Å². The van der Waals surface area contributed by atoms with Crippen LogP contribution in [0.25, 0.3) is 10.2 Å². The Kier molecular flexibility index (Phi) is 5.08. The molecule has 154 valence electrons. The van der Waals surface area contributed by atoms with Gasteiger partial charge in [0, 0.05) is 34.1 Å². The second-order valence-electron chi connectivity index (χ2n) is 7.51. The van der Waals surface area contributed by atoms with Crippen LogP contribution in [-0.4, -0.2) is 26.9 Å². The molecule has 0 spiro atoms. The van der Waals surface area contributed by atoms with Gasteiger partial charge in [-0.3, -0.25) is 14.2 Å². The molecule has 0 radical (unpaired) electrons. The van der Waals surface area contributed by atoms with Gasteiger partial charge >= 0.3 is 0 Å². The summed E-state index contributed by atoms with van der Waals surface area (Å²) < 4.78 is 1.58. The Hall–Kier alpha value is -2.29. The van der Waals surface area contributed by atoms with Crippen molar-refractivity contribution in [1.82, 2.24) is 14.5 Å². The van der Waals surface area contributed by atoms with Crippen LogP contribution in [0.5, 0.6) is 0 Å². The van der Waals surface area contributed by atoms with Gasteiger partial charge in [0.1, 0.15) is 4.83 Å². The fourth-order valence-electron chi connectivity index (χ4n) is 4.13. The molecule has 0 unspecified atom stereocenters. The number of nitrogens with zero attached hydrogens (tertiary/aromatic N) is 3. The Morgan fingerprint density at radius 3 is 2.90 bits per heavy atom. The molecule has 5 heterocycles. The summed E-state index contributed by atoms with van der Waals surface area (Å²) in [7, 11) is 0. The van der Waals surface area contributed by atoms with Crippen molar-refractivity contribution in [2.24, 2.45) is 0 Å². The summed E-state index contributed by atoms with van der Waals surface area (Å²) in [4.78, 5) is 37.1. The van der Waals surface area contributed by atoms with Gasteiger partial charge in [0.15, 0.2) is 0 Å². The number of hydrogen-bond acceptors (Lipinski definition) is 6. The van der Waals surface area contributed by atoms with Gasteiger partial charge in [0.25, 0.3) is 5.56 Å². The lowest BCUT2D eigenvalue weighted by molar-refractivity contribution is -0.133. The zero-order valence-electron chi connectivity index (χ0n) is 16.8. The minimum absolute atomic E-state index is 0.0217. The second-order valence-corrected chi connectivity index (χ2v) is 10.7. The van der Waals surface area contributed by atoms with Crippen LogP contribution in [0.2, 0.25) is 0 Å². The lowest BCUT2D eigenvalue weighted by atomic mass is 9.98. The van der Waals surface area contributed by atoms with Gasteiger partial charge in [0.2, 0.25) is 5.91 Å². The minimum atomic E-state index is -0.0526. The molecule has 0 N–H and O–H groups in total. The molecule has 1 aliphatic rings. The van der Waals surface area contributed by atoms with Gasteiger partial charge in [-0.2, -0.15) is 0 Å². The molecule has 1 atom stereocenters. The van der Waals surface area contributed by atoms with Gasteiger partial charge < -0.3 is 4.90 Å². The summed E-state index contributed by atoms with van der Waals surface area (Å²) in [6.07, 6.45) is 2.76. The highest BCUT2D eigenvalue weighted by Gasteiger charge is 2.33. The lowest BCUT2D eigenvalue weighted by Gasteiger charge is -2.35. The quantitative estimate of drug-likeness (QED) is 0.446. The van der Waals surface area contributed by atoms with Crippen LogP contribution >= 0.6 is 34.0 Å². The summed E-state index contributed by atoms with van der Waals surface area (Å²) in [5, 5.41) is 4.86. The van der Waals surface area contributed by atoms with E-state index in [1.165, 1.54) is 15.3 Å². The summed E-state index contributed by atoms with van der Waals surface area (Å²) >= 11 is 5.00. The summed E-state index contributed by atoms with van der Waals surface area (Å²) in [6, 6.07) is 6.27. The number of rotatable bonds is 4. The number of fused-ring (bicyclic) bond motifs is 2. The van der Waals surface area contributed by atoms with Gasteiger partial charge in [-0.15, -0.1) is 34.0 Å². The molecule has 0 aromatic carbocycles. The fourth-order valence-corrected chi connectivity index (χ4v) is 6.87. The topological polar surface area (TPSA) is 55.2 Å². The van der Waals surface area contributed by atoms with Gasteiger partial charge in [-0.25, -0.2) is 4.98 Å². The molecule has 0 fully saturated rings. The van der Waals surface area contributed by atoms with E-state index in [-0.39, 0.29) is 23.9 Å². The second kappa shape index (κ2) is 7.76. The zero-order chi connectivity index (χ0) is 20.8. The van der Waals surface area contributed by atoms with Crippen LogP contribution in [0, 0.1) is 13.8 Å². The predicted octanol–water partition coefficient (Wildman–Crippen LogP) is 4.76. The van der Waals surface area contributed by atoms with Crippen molar-refractivity contribution in [1.29, 1.82) is 0 Å². The Labute approximate surface area is 186 Å². The molecule has 4 aromatic rings. The van der Waals surface area contributed by atoms with Crippen molar-refractivity contribution in [2.75, 3.05) is 6.54 Å². The Balaban J connectivity index is 1.40. The molecule has 5 rings (SSSR count).